The Bertz CT molecular complexity index is 244. The number of nitrogens with two attached hydrogens (primary N) is 1. The van der Waals surface area contributed by atoms with Crippen LogP contribution >= 0.6 is 0 Å². The summed E-state index contributed by atoms with van der Waals surface area (Å²) in [5, 5.41) is 0. The molecule has 1 nitrogen and oxygen atoms in total. The first-order chi connectivity index (χ1) is 9.83. The molecule has 2 N–H and O–H groups in total. The van der Waals surface area contributed by atoms with Crippen molar-refractivity contribution in [3.8, 4) is 0 Å². The topological polar surface area (TPSA) is 26.0 Å². The van der Waals surface area contributed by atoms with Crippen molar-refractivity contribution < 1.29 is 0 Å². The largest absolute Gasteiger partial charge is 0.324 e. The third-order valence-electron chi connectivity index (χ3n) is 4.59. The van der Waals surface area contributed by atoms with E-state index in [-0.39, 0.29) is 0 Å². The summed E-state index contributed by atoms with van der Waals surface area (Å²) in [6, 6.07) is 0.343. The quantitative estimate of drug-likeness (QED) is 0.357. The van der Waals surface area contributed by atoms with Crippen LogP contribution in [0.15, 0.2) is 11.6 Å². The molecule has 20 heavy (non-hydrogen) atoms. The molecule has 0 heterocycles. The van der Waals surface area contributed by atoms with Crippen molar-refractivity contribution >= 4 is 0 Å². The summed E-state index contributed by atoms with van der Waals surface area (Å²) < 4.78 is 0. The Hall–Kier alpha value is -0.300. The number of rotatable bonds is 11. The first-order valence-corrected chi connectivity index (χ1v) is 9.28. The summed E-state index contributed by atoms with van der Waals surface area (Å²) >= 11 is 0. The van der Waals surface area contributed by atoms with Gasteiger partial charge in [0.15, 0.2) is 0 Å². The van der Waals surface area contributed by atoms with Crippen molar-refractivity contribution in [2.24, 2.45) is 5.73 Å². The highest BCUT2D eigenvalue weighted by Gasteiger charge is 2.07. The highest BCUT2D eigenvalue weighted by Crippen LogP contribution is 2.22. The molecule has 0 fully saturated rings. The number of unbranched alkanes of at least 4 members (excludes halogenated alkanes) is 9. The minimum Gasteiger partial charge on any atom is -0.324 e. The Labute approximate surface area is 127 Å². The first-order valence-electron chi connectivity index (χ1n) is 9.28. The van der Waals surface area contributed by atoms with Gasteiger partial charge in [0.25, 0.3) is 0 Å². The van der Waals surface area contributed by atoms with Gasteiger partial charge in [0, 0.05) is 6.04 Å². The van der Waals surface area contributed by atoms with Crippen LogP contribution < -0.4 is 5.73 Å². The van der Waals surface area contributed by atoms with Gasteiger partial charge in [-0.1, -0.05) is 82.8 Å². The van der Waals surface area contributed by atoms with E-state index >= 15 is 0 Å². The number of hydrogen-bond acceptors (Lipinski definition) is 1. The van der Waals surface area contributed by atoms with Crippen LogP contribution in [0.2, 0.25) is 0 Å². The van der Waals surface area contributed by atoms with Gasteiger partial charge in [0.05, 0.1) is 0 Å². The predicted molar refractivity (Wildman–Crippen MR) is 91.0 cm³/mol. The van der Waals surface area contributed by atoms with Gasteiger partial charge in [-0.2, -0.15) is 0 Å². The summed E-state index contributed by atoms with van der Waals surface area (Å²) in [6.07, 6.45) is 23.2. The van der Waals surface area contributed by atoms with E-state index in [2.05, 4.69) is 13.0 Å². The number of allylic oxidation sites excluding steroid dienone is 1. The van der Waals surface area contributed by atoms with Crippen LogP contribution in [0.3, 0.4) is 0 Å². The molecule has 0 radical (unpaired) electrons. The molecule has 1 unspecified atom stereocenters. The van der Waals surface area contributed by atoms with E-state index in [1.165, 1.54) is 96.3 Å². The molecule has 1 aliphatic carbocycles. The zero-order valence-electron chi connectivity index (χ0n) is 13.8. The highest BCUT2D eigenvalue weighted by atomic mass is 14.6. The van der Waals surface area contributed by atoms with Crippen LogP contribution in [0.4, 0.5) is 0 Å². The smallest absolute Gasteiger partial charge is 0.0226 e. The van der Waals surface area contributed by atoms with Crippen LogP contribution in [0, 0.1) is 0 Å². The van der Waals surface area contributed by atoms with Gasteiger partial charge >= 0.3 is 0 Å². The summed E-state index contributed by atoms with van der Waals surface area (Å²) in [6.45, 7) is 2.29. The normalized spacial score (nSPS) is 19.7. The zero-order valence-corrected chi connectivity index (χ0v) is 13.8. The van der Waals surface area contributed by atoms with E-state index in [0.29, 0.717) is 6.04 Å². The SMILES string of the molecule is CCCCCCCCCCCCC1=CC(N)CCCC1. The second kappa shape index (κ2) is 12.4. The molecule has 1 rings (SSSR count). The third-order valence-corrected chi connectivity index (χ3v) is 4.59. The van der Waals surface area contributed by atoms with Crippen molar-refractivity contribution in [3.05, 3.63) is 11.6 Å². The molecule has 0 aromatic carbocycles. The van der Waals surface area contributed by atoms with Crippen LogP contribution in [0.25, 0.3) is 0 Å². The molecule has 0 aromatic rings. The summed E-state index contributed by atoms with van der Waals surface area (Å²) in [7, 11) is 0. The Morgan fingerprint density at radius 3 is 2.15 bits per heavy atom. The maximum Gasteiger partial charge on any atom is 0.0226 e. The standard InChI is InChI=1S/C19H37N/c1-2-3-4-5-6-7-8-9-10-11-14-18-15-12-13-16-19(20)17-18/h17,19H,2-16,20H2,1H3. The van der Waals surface area contributed by atoms with E-state index < -0.39 is 0 Å². The van der Waals surface area contributed by atoms with E-state index in [0.717, 1.165) is 0 Å². The molecule has 0 saturated heterocycles. The van der Waals surface area contributed by atoms with E-state index in [9.17, 15) is 0 Å². The molecule has 1 atom stereocenters. The van der Waals surface area contributed by atoms with Gasteiger partial charge in [-0.3, -0.25) is 0 Å². The van der Waals surface area contributed by atoms with E-state index in [1.807, 2.05) is 0 Å². The molecule has 1 heteroatoms. The van der Waals surface area contributed by atoms with Crippen LogP contribution in [0.5, 0.6) is 0 Å². The molecule has 1 aliphatic rings. The van der Waals surface area contributed by atoms with Crippen molar-refractivity contribution in [1.82, 2.24) is 0 Å². The van der Waals surface area contributed by atoms with Gasteiger partial charge in [-0.15, -0.1) is 0 Å². The van der Waals surface area contributed by atoms with Gasteiger partial charge in [0.1, 0.15) is 0 Å². The lowest BCUT2D eigenvalue weighted by atomic mass is 10.0. The molecule has 0 saturated carbocycles. The molecule has 0 spiro atoms. The van der Waals surface area contributed by atoms with Crippen molar-refractivity contribution in [2.45, 2.75) is 109 Å². The monoisotopic (exact) mass is 279 g/mol. The van der Waals surface area contributed by atoms with Crippen LogP contribution in [-0.2, 0) is 0 Å². The van der Waals surface area contributed by atoms with Crippen molar-refractivity contribution in [3.63, 3.8) is 0 Å². The Kier molecular flexibility index (Phi) is 11.0. The van der Waals surface area contributed by atoms with E-state index in [4.69, 9.17) is 5.73 Å². The predicted octanol–water partition coefficient (Wildman–Crippen LogP) is 6.13. The molecule has 118 valence electrons. The molecule has 0 amide bonds. The molecule has 0 aromatic heterocycles. The second-order valence-corrected chi connectivity index (χ2v) is 6.67. The third kappa shape index (κ3) is 9.58. The fraction of sp³-hybridized carbons (Fsp3) is 0.895. The lowest BCUT2D eigenvalue weighted by Gasteiger charge is -2.07. The maximum atomic E-state index is 6.07. The minimum absolute atomic E-state index is 0.343. The van der Waals surface area contributed by atoms with Gasteiger partial charge in [-0.25, -0.2) is 0 Å². The molecular formula is C19H37N. The number of hydrogen-bond donors (Lipinski definition) is 1. The fourth-order valence-electron chi connectivity index (χ4n) is 3.25. The first kappa shape index (κ1) is 17.8. The summed E-state index contributed by atoms with van der Waals surface area (Å²) in [4.78, 5) is 0. The lowest BCUT2D eigenvalue weighted by molar-refractivity contribution is 0.554. The maximum absolute atomic E-state index is 6.07. The average Bonchev–Trinajstić information content (AvgIpc) is 2.65. The highest BCUT2D eigenvalue weighted by molar-refractivity contribution is 5.08. The van der Waals surface area contributed by atoms with E-state index in [1.54, 1.807) is 5.57 Å². The van der Waals surface area contributed by atoms with Gasteiger partial charge in [-0.05, 0) is 32.1 Å². The van der Waals surface area contributed by atoms with Crippen LogP contribution in [0.1, 0.15) is 103 Å². The van der Waals surface area contributed by atoms with Crippen LogP contribution in [-0.4, -0.2) is 6.04 Å². The Balaban J connectivity index is 1.89. The molecule has 0 bridgehead atoms. The Morgan fingerprint density at radius 1 is 0.900 bits per heavy atom. The fourth-order valence-corrected chi connectivity index (χ4v) is 3.25. The average molecular weight is 280 g/mol. The minimum atomic E-state index is 0.343. The van der Waals surface area contributed by atoms with Crippen molar-refractivity contribution in [1.29, 1.82) is 0 Å². The second-order valence-electron chi connectivity index (χ2n) is 6.67. The summed E-state index contributed by atoms with van der Waals surface area (Å²) in [5.41, 5.74) is 7.72. The van der Waals surface area contributed by atoms with Crippen molar-refractivity contribution in [2.75, 3.05) is 0 Å². The van der Waals surface area contributed by atoms with Gasteiger partial charge in [0.2, 0.25) is 0 Å². The molecule has 0 aliphatic heterocycles. The Morgan fingerprint density at radius 2 is 1.50 bits per heavy atom. The lowest BCUT2D eigenvalue weighted by Crippen LogP contribution is -2.15. The summed E-state index contributed by atoms with van der Waals surface area (Å²) in [5.74, 6) is 0. The molecular weight excluding hydrogens is 242 g/mol. The zero-order chi connectivity index (χ0) is 14.5. The van der Waals surface area contributed by atoms with Gasteiger partial charge < -0.3 is 5.73 Å².